The number of aryl methyl sites for hydroxylation is 1. The van der Waals surface area contributed by atoms with E-state index < -0.39 is 5.97 Å². The molecule has 1 aliphatic rings. The SMILES string of the molecule is COC(=O)c1ccc(CC(=O)NN(c2ccc(Oc3ccc(F)cc3)cc2)c2c(C)cccc2N2CCCCC2)cc1OC. The van der Waals surface area contributed by atoms with Gasteiger partial charge in [-0.15, -0.1) is 0 Å². The number of ether oxygens (including phenoxy) is 3. The maximum Gasteiger partial charge on any atom is 0.341 e. The lowest BCUT2D eigenvalue weighted by molar-refractivity contribution is -0.120. The Labute approximate surface area is 256 Å². The number of hydrazine groups is 1. The first-order chi connectivity index (χ1) is 21.4. The number of hydrogen-bond acceptors (Lipinski definition) is 7. The van der Waals surface area contributed by atoms with Gasteiger partial charge in [-0.05, 0) is 104 Å². The molecule has 228 valence electrons. The van der Waals surface area contributed by atoms with Gasteiger partial charge in [-0.25, -0.2) is 9.18 Å². The molecule has 44 heavy (non-hydrogen) atoms. The Kier molecular flexibility index (Phi) is 9.64. The second-order valence-corrected chi connectivity index (χ2v) is 10.6. The molecule has 1 heterocycles. The second kappa shape index (κ2) is 13.9. The average molecular weight is 598 g/mol. The number of amides is 1. The van der Waals surface area contributed by atoms with Gasteiger partial charge in [0, 0.05) is 13.1 Å². The van der Waals surface area contributed by atoms with Crippen molar-refractivity contribution in [2.75, 3.05) is 37.2 Å². The molecule has 0 aliphatic carbocycles. The average Bonchev–Trinajstić information content (AvgIpc) is 3.05. The van der Waals surface area contributed by atoms with Gasteiger partial charge in [-0.1, -0.05) is 18.2 Å². The van der Waals surface area contributed by atoms with Crippen molar-refractivity contribution >= 4 is 28.9 Å². The van der Waals surface area contributed by atoms with Crippen LogP contribution in [-0.2, 0) is 16.0 Å². The van der Waals surface area contributed by atoms with E-state index in [-0.39, 0.29) is 23.7 Å². The molecule has 1 N–H and O–H groups in total. The van der Waals surface area contributed by atoms with E-state index in [1.807, 2.05) is 48.3 Å². The summed E-state index contributed by atoms with van der Waals surface area (Å²) >= 11 is 0. The van der Waals surface area contributed by atoms with E-state index in [1.54, 1.807) is 30.3 Å². The van der Waals surface area contributed by atoms with E-state index in [4.69, 9.17) is 14.2 Å². The molecule has 1 amide bonds. The Morgan fingerprint density at radius 1 is 0.886 bits per heavy atom. The highest BCUT2D eigenvalue weighted by molar-refractivity contribution is 5.93. The fourth-order valence-electron chi connectivity index (χ4n) is 5.35. The number of para-hydroxylation sites is 1. The van der Waals surface area contributed by atoms with Crippen molar-refractivity contribution < 1.29 is 28.2 Å². The summed E-state index contributed by atoms with van der Waals surface area (Å²) in [5, 5.41) is 1.82. The van der Waals surface area contributed by atoms with Crippen LogP contribution < -0.4 is 24.8 Å². The van der Waals surface area contributed by atoms with Crippen molar-refractivity contribution in [2.24, 2.45) is 0 Å². The summed E-state index contributed by atoms with van der Waals surface area (Å²) in [4.78, 5) is 28.1. The van der Waals surface area contributed by atoms with Crippen molar-refractivity contribution in [3.05, 3.63) is 107 Å². The van der Waals surface area contributed by atoms with E-state index in [2.05, 4.69) is 16.4 Å². The van der Waals surface area contributed by atoms with Gasteiger partial charge in [0.1, 0.15) is 28.6 Å². The quantitative estimate of drug-likeness (QED) is 0.154. The van der Waals surface area contributed by atoms with Crippen LogP contribution >= 0.6 is 0 Å². The molecule has 0 unspecified atom stereocenters. The molecule has 0 saturated carbocycles. The van der Waals surface area contributed by atoms with Gasteiger partial charge in [0.15, 0.2) is 0 Å². The van der Waals surface area contributed by atoms with E-state index >= 15 is 0 Å². The Morgan fingerprint density at radius 2 is 1.57 bits per heavy atom. The minimum Gasteiger partial charge on any atom is -0.496 e. The van der Waals surface area contributed by atoms with Crippen LogP contribution in [0.25, 0.3) is 0 Å². The van der Waals surface area contributed by atoms with E-state index in [0.717, 1.165) is 48.6 Å². The predicted molar refractivity (Wildman–Crippen MR) is 168 cm³/mol. The monoisotopic (exact) mass is 597 g/mol. The number of benzene rings is 4. The summed E-state index contributed by atoms with van der Waals surface area (Å²) in [5.41, 5.74) is 7.76. The van der Waals surface area contributed by atoms with Crippen LogP contribution in [0.1, 0.15) is 40.7 Å². The zero-order valence-corrected chi connectivity index (χ0v) is 25.1. The first-order valence-corrected chi connectivity index (χ1v) is 14.6. The summed E-state index contributed by atoms with van der Waals surface area (Å²) in [6.07, 6.45) is 3.47. The minimum absolute atomic E-state index is 0.0466. The van der Waals surface area contributed by atoms with Gasteiger partial charge in [-0.2, -0.15) is 0 Å². The molecule has 4 aromatic rings. The molecular weight excluding hydrogens is 561 g/mol. The molecule has 4 aromatic carbocycles. The molecule has 1 fully saturated rings. The normalized spacial score (nSPS) is 12.8. The topological polar surface area (TPSA) is 80.3 Å². The van der Waals surface area contributed by atoms with Crippen LogP contribution in [0.15, 0.2) is 84.9 Å². The third kappa shape index (κ3) is 7.11. The molecule has 1 aliphatic heterocycles. The standard InChI is InChI=1S/C35H36FN3O5/c1-24-8-7-9-31(38-20-5-4-6-21-38)34(24)39(27-13-17-29(18-14-27)44-28-15-11-26(36)12-16-28)37-33(40)23-25-10-19-30(35(41)43-3)32(22-25)42-2/h7-19,22H,4-6,20-21,23H2,1-3H3,(H,37,40). The maximum atomic E-state index is 13.6. The lowest BCUT2D eigenvalue weighted by atomic mass is 10.1. The number of nitrogens with zero attached hydrogens (tertiary/aromatic N) is 2. The Morgan fingerprint density at radius 3 is 2.23 bits per heavy atom. The van der Waals surface area contributed by atoms with Gasteiger partial charge in [0.25, 0.3) is 0 Å². The number of nitrogens with one attached hydrogen (secondary N) is 1. The molecule has 0 bridgehead atoms. The largest absolute Gasteiger partial charge is 0.496 e. The molecule has 0 aromatic heterocycles. The van der Waals surface area contributed by atoms with Gasteiger partial charge in [-0.3, -0.25) is 15.2 Å². The predicted octanol–water partition coefficient (Wildman–Crippen LogP) is 7.12. The summed E-state index contributed by atoms with van der Waals surface area (Å²) in [6.45, 7) is 3.91. The molecule has 0 atom stereocenters. The third-order valence-corrected chi connectivity index (χ3v) is 7.55. The molecule has 0 spiro atoms. The maximum absolute atomic E-state index is 13.6. The number of anilines is 3. The summed E-state index contributed by atoms with van der Waals surface area (Å²) in [5.74, 6) is 0.328. The van der Waals surface area contributed by atoms with E-state index in [9.17, 15) is 14.0 Å². The lowest BCUT2D eigenvalue weighted by Gasteiger charge is -2.35. The number of piperidine rings is 1. The number of halogens is 1. The molecule has 5 rings (SSSR count). The van der Waals surface area contributed by atoms with Crippen LogP contribution in [0.5, 0.6) is 17.2 Å². The third-order valence-electron chi connectivity index (χ3n) is 7.55. The number of esters is 1. The van der Waals surface area contributed by atoms with Gasteiger partial charge in [0.05, 0.1) is 37.7 Å². The van der Waals surface area contributed by atoms with Crippen LogP contribution in [0.3, 0.4) is 0 Å². The zero-order chi connectivity index (χ0) is 31.1. The van der Waals surface area contributed by atoms with Crippen LogP contribution in [0.2, 0.25) is 0 Å². The Hall–Kier alpha value is -5.05. The highest BCUT2D eigenvalue weighted by Gasteiger charge is 2.23. The highest BCUT2D eigenvalue weighted by atomic mass is 19.1. The Balaban J connectivity index is 1.46. The number of hydrogen-bond donors (Lipinski definition) is 1. The first kappa shape index (κ1) is 30.4. The first-order valence-electron chi connectivity index (χ1n) is 14.6. The van der Waals surface area contributed by atoms with Crippen molar-refractivity contribution in [3.63, 3.8) is 0 Å². The fourth-order valence-corrected chi connectivity index (χ4v) is 5.35. The number of carbonyl (C=O) groups is 2. The number of rotatable bonds is 10. The summed E-state index contributed by atoms with van der Waals surface area (Å²) < 4.78 is 29.5. The highest BCUT2D eigenvalue weighted by Crippen LogP contribution is 2.38. The van der Waals surface area contributed by atoms with Crippen molar-refractivity contribution in [2.45, 2.75) is 32.6 Å². The Bertz CT molecular complexity index is 1600. The van der Waals surface area contributed by atoms with Crippen LogP contribution in [0, 0.1) is 12.7 Å². The minimum atomic E-state index is -0.513. The summed E-state index contributed by atoms with van der Waals surface area (Å²) in [6, 6.07) is 24.4. The number of methoxy groups -OCH3 is 2. The summed E-state index contributed by atoms with van der Waals surface area (Å²) in [7, 11) is 2.78. The fraction of sp³-hybridized carbons (Fsp3) is 0.257. The smallest absolute Gasteiger partial charge is 0.341 e. The van der Waals surface area contributed by atoms with Crippen LogP contribution in [-0.4, -0.2) is 39.2 Å². The zero-order valence-electron chi connectivity index (χ0n) is 25.1. The van der Waals surface area contributed by atoms with Gasteiger partial charge in [0.2, 0.25) is 5.91 Å². The molecule has 8 nitrogen and oxygen atoms in total. The van der Waals surface area contributed by atoms with E-state index in [1.165, 1.54) is 32.8 Å². The van der Waals surface area contributed by atoms with Crippen molar-refractivity contribution in [1.29, 1.82) is 0 Å². The molecule has 9 heteroatoms. The van der Waals surface area contributed by atoms with Crippen LogP contribution in [0.4, 0.5) is 21.5 Å². The van der Waals surface area contributed by atoms with E-state index in [0.29, 0.717) is 22.8 Å². The lowest BCUT2D eigenvalue weighted by Crippen LogP contribution is -2.41. The van der Waals surface area contributed by atoms with Crippen molar-refractivity contribution in [3.8, 4) is 17.2 Å². The number of carbonyl (C=O) groups excluding carboxylic acids is 2. The molecule has 0 radical (unpaired) electrons. The second-order valence-electron chi connectivity index (χ2n) is 10.6. The van der Waals surface area contributed by atoms with Gasteiger partial charge >= 0.3 is 5.97 Å². The molecule has 1 saturated heterocycles. The van der Waals surface area contributed by atoms with Gasteiger partial charge < -0.3 is 19.1 Å². The van der Waals surface area contributed by atoms with Crippen molar-refractivity contribution in [1.82, 2.24) is 5.43 Å². The molecular formula is C35H36FN3O5.